The van der Waals surface area contributed by atoms with Gasteiger partial charge in [-0.25, -0.2) is 0 Å². The summed E-state index contributed by atoms with van der Waals surface area (Å²) in [6.45, 7) is 0. The standard InChI is InChI=1S/C8H9NO2S/c1-9-8(10)6-2-4-7(11-12)5-3-6/h2-5,12H,1H3,(H,9,10). The normalized spacial score (nSPS) is 9.17. The Hall–Kier alpha value is -1.16. The maximum atomic E-state index is 11.0. The first-order valence-electron chi connectivity index (χ1n) is 3.41. The van der Waals surface area contributed by atoms with Gasteiger partial charge in [0.25, 0.3) is 5.91 Å². The number of amides is 1. The predicted molar refractivity (Wildman–Crippen MR) is 49.4 cm³/mol. The van der Waals surface area contributed by atoms with Gasteiger partial charge >= 0.3 is 0 Å². The molecule has 4 heteroatoms. The van der Waals surface area contributed by atoms with E-state index in [1.54, 1.807) is 31.3 Å². The number of hydrogen-bond donors (Lipinski definition) is 2. The van der Waals surface area contributed by atoms with Crippen LogP contribution in [0.1, 0.15) is 10.4 Å². The van der Waals surface area contributed by atoms with Crippen LogP contribution in [-0.2, 0) is 0 Å². The largest absolute Gasteiger partial charge is 0.429 e. The number of rotatable bonds is 2. The zero-order chi connectivity index (χ0) is 8.97. The molecule has 0 atom stereocenters. The van der Waals surface area contributed by atoms with Crippen LogP contribution in [0.5, 0.6) is 5.75 Å². The summed E-state index contributed by atoms with van der Waals surface area (Å²) in [5, 5.41) is 2.52. The maximum absolute atomic E-state index is 11.0. The molecule has 0 spiro atoms. The van der Waals surface area contributed by atoms with Crippen molar-refractivity contribution in [2.75, 3.05) is 7.05 Å². The minimum Gasteiger partial charge on any atom is -0.429 e. The van der Waals surface area contributed by atoms with E-state index in [0.717, 1.165) is 0 Å². The Morgan fingerprint density at radius 3 is 2.42 bits per heavy atom. The molecular weight excluding hydrogens is 174 g/mol. The molecule has 3 nitrogen and oxygen atoms in total. The van der Waals surface area contributed by atoms with Gasteiger partial charge in [0.1, 0.15) is 5.75 Å². The third kappa shape index (κ3) is 1.92. The molecule has 1 aromatic rings. The van der Waals surface area contributed by atoms with Gasteiger partial charge in [0.05, 0.1) is 0 Å². The van der Waals surface area contributed by atoms with Gasteiger partial charge < -0.3 is 9.50 Å². The summed E-state index contributed by atoms with van der Waals surface area (Å²) < 4.78 is 4.65. The lowest BCUT2D eigenvalue weighted by Crippen LogP contribution is -2.17. The summed E-state index contributed by atoms with van der Waals surface area (Å²) in [6.07, 6.45) is 0. The second-order valence-corrected chi connectivity index (χ2v) is 2.38. The average molecular weight is 183 g/mol. The molecule has 1 N–H and O–H groups in total. The molecule has 1 amide bonds. The van der Waals surface area contributed by atoms with E-state index >= 15 is 0 Å². The van der Waals surface area contributed by atoms with Crippen LogP contribution in [0.15, 0.2) is 24.3 Å². The van der Waals surface area contributed by atoms with Crippen molar-refractivity contribution in [3.05, 3.63) is 29.8 Å². The van der Waals surface area contributed by atoms with E-state index in [1.165, 1.54) is 0 Å². The Kier molecular flexibility index (Phi) is 2.99. The number of thiol groups is 1. The van der Waals surface area contributed by atoms with Crippen LogP contribution >= 0.6 is 12.9 Å². The molecule has 1 rings (SSSR count). The van der Waals surface area contributed by atoms with Crippen LogP contribution < -0.4 is 9.50 Å². The molecule has 0 aliphatic heterocycles. The smallest absolute Gasteiger partial charge is 0.251 e. The molecule has 0 saturated heterocycles. The van der Waals surface area contributed by atoms with E-state index in [9.17, 15) is 4.79 Å². The third-order valence-corrected chi connectivity index (χ3v) is 1.66. The van der Waals surface area contributed by atoms with E-state index in [0.29, 0.717) is 11.3 Å². The number of benzene rings is 1. The molecule has 0 aromatic heterocycles. The number of nitrogens with one attached hydrogen (secondary N) is 1. The second-order valence-electron chi connectivity index (χ2n) is 2.19. The molecule has 12 heavy (non-hydrogen) atoms. The fraction of sp³-hybridized carbons (Fsp3) is 0.125. The van der Waals surface area contributed by atoms with Crippen molar-refractivity contribution < 1.29 is 8.98 Å². The third-order valence-electron chi connectivity index (χ3n) is 1.45. The van der Waals surface area contributed by atoms with Crippen LogP contribution in [-0.4, -0.2) is 13.0 Å². The van der Waals surface area contributed by atoms with Crippen LogP contribution in [0.25, 0.3) is 0 Å². The molecule has 0 saturated carbocycles. The molecule has 0 aliphatic carbocycles. The minimum atomic E-state index is -0.110. The highest BCUT2D eigenvalue weighted by Crippen LogP contribution is 2.12. The van der Waals surface area contributed by atoms with Crippen LogP contribution in [0.2, 0.25) is 0 Å². The number of carbonyl (C=O) groups is 1. The minimum absolute atomic E-state index is 0.110. The molecule has 0 bridgehead atoms. The maximum Gasteiger partial charge on any atom is 0.251 e. The number of carbonyl (C=O) groups excluding carboxylic acids is 1. The van der Waals surface area contributed by atoms with Gasteiger partial charge in [-0.15, -0.1) is 0 Å². The zero-order valence-corrected chi connectivity index (χ0v) is 7.47. The molecule has 0 fully saturated rings. The molecule has 0 unspecified atom stereocenters. The lowest BCUT2D eigenvalue weighted by molar-refractivity contribution is 0.0963. The summed E-state index contributed by atoms with van der Waals surface area (Å²) >= 11 is 3.62. The Balaban J connectivity index is 2.84. The van der Waals surface area contributed by atoms with Crippen LogP contribution in [0, 0.1) is 0 Å². The quantitative estimate of drug-likeness (QED) is 0.535. The highest BCUT2D eigenvalue weighted by Gasteiger charge is 2.01. The van der Waals surface area contributed by atoms with Gasteiger partial charge in [0.15, 0.2) is 0 Å². The zero-order valence-electron chi connectivity index (χ0n) is 6.57. The average Bonchev–Trinajstić information content (AvgIpc) is 2.17. The Bertz CT molecular complexity index is 271. The van der Waals surface area contributed by atoms with E-state index < -0.39 is 0 Å². The van der Waals surface area contributed by atoms with E-state index in [4.69, 9.17) is 0 Å². The van der Waals surface area contributed by atoms with Gasteiger partial charge in [-0.05, 0) is 24.3 Å². The van der Waals surface area contributed by atoms with Gasteiger partial charge in [0.2, 0.25) is 0 Å². The van der Waals surface area contributed by atoms with Crippen molar-refractivity contribution in [1.82, 2.24) is 5.32 Å². The molecule has 1 aromatic carbocycles. The summed E-state index contributed by atoms with van der Waals surface area (Å²) in [5.74, 6) is 0.506. The lowest BCUT2D eigenvalue weighted by atomic mass is 10.2. The van der Waals surface area contributed by atoms with E-state index in [2.05, 4.69) is 22.4 Å². The molecule has 0 aliphatic rings. The van der Waals surface area contributed by atoms with Crippen LogP contribution in [0.3, 0.4) is 0 Å². The lowest BCUT2D eigenvalue weighted by Gasteiger charge is -2.00. The molecule has 0 heterocycles. The SMILES string of the molecule is CNC(=O)c1ccc(OS)cc1. The predicted octanol–water partition coefficient (Wildman–Crippen LogP) is 1.27. The number of hydrogen-bond acceptors (Lipinski definition) is 3. The van der Waals surface area contributed by atoms with Gasteiger partial charge in [-0.2, -0.15) is 0 Å². The summed E-state index contributed by atoms with van der Waals surface area (Å²) in [4.78, 5) is 11.0. The van der Waals surface area contributed by atoms with Crippen molar-refractivity contribution in [3.63, 3.8) is 0 Å². The fourth-order valence-corrected chi connectivity index (χ4v) is 0.933. The van der Waals surface area contributed by atoms with Crippen molar-refractivity contribution in [3.8, 4) is 5.75 Å². The summed E-state index contributed by atoms with van der Waals surface area (Å²) in [5.41, 5.74) is 0.603. The molecule has 0 radical (unpaired) electrons. The monoisotopic (exact) mass is 183 g/mol. The van der Waals surface area contributed by atoms with Crippen LogP contribution in [0.4, 0.5) is 0 Å². The second kappa shape index (κ2) is 4.01. The first-order valence-corrected chi connectivity index (χ1v) is 3.78. The van der Waals surface area contributed by atoms with E-state index in [-0.39, 0.29) is 5.91 Å². The Labute approximate surface area is 76.4 Å². The fourth-order valence-electron chi connectivity index (χ4n) is 0.812. The first-order chi connectivity index (χ1) is 5.77. The summed E-state index contributed by atoms with van der Waals surface area (Å²) in [6, 6.07) is 6.70. The highest BCUT2D eigenvalue weighted by atomic mass is 32.1. The first kappa shape index (κ1) is 8.93. The Morgan fingerprint density at radius 2 is 2.00 bits per heavy atom. The molecule has 64 valence electrons. The van der Waals surface area contributed by atoms with Gasteiger partial charge in [-0.3, -0.25) is 4.79 Å². The van der Waals surface area contributed by atoms with E-state index in [1.807, 2.05) is 0 Å². The van der Waals surface area contributed by atoms with Crippen molar-refractivity contribution in [2.24, 2.45) is 0 Å². The topological polar surface area (TPSA) is 38.3 Å². The van der Waals surface area contributed by atoms with Crippen molar-refractivity contribution in [1.29, 1.82) is 0 Å². The van der Waals surface area contributed by atoms with Crippen molar-refractivity contribution in [2.45, 2.75) is 0 Å². The molecular formula is C8H9NO2S. The Morgan fingerprint density at radius 1 is 1.42 bits per heavy atom. The summed E-state index contributed by atoms with van der Waals surface area (Å²) in [7, 11) is 1.59. The van der Waals surface area contributed by atoms with Crippen molar-refractivity contribution >= 4 is 18.8 Å². The van der Waals surface area contributed by atoms with Gasteiger partial charge in [-0.1, -0.05) is 0 Å². The highest BCUT2D eigenvalue weighted by molar-refractivity contribution is 7.75. The van der Waals surface area contributed by atoms with Gasteiger partial charge in [0, 0.05) is 25.5 Å².